The Morgan fingerprint density at radius 3 is 3.00 bits per heavy atom. The molecule has 0 saturated carbocycles. The van der Waals surface area contributed by atoms with Crippen LogP contribution in [0.15, 0.2) is 29.6 Å². The van der Waals surface area contributed by atoms with E-state index in [9.17, 15) is 4.79 Å². The van der Waals surface area contributed by atoms with Gasteiger partial charge in [-0.15, -0.1) is 11.3 Å². The van der Waals surface area contributed by atoms with Crippen molar-refractivity contribution < 1.29 is 4.79 Å². The van der Waals surface area contributed by atoms with Crippen LogP contribution in [-0.2, 0) is 17.6 Å². The van der Waals surface area contributed by atoms with Crippen LogP contribution in [0.3, 0.4) is 0 Å². The highest BCUT2D eigenvalue weighted by Gasteiger charge is 2.04. The van der Waals surface area contributed by atoms with Gasteiger partial charge in [-0.3, -0.25) is 4.79 Å². The molecule has 19 heavy (non-hydrogen) atoms. The quantitative estimate of drug-likeness (QED) is 0.819. The molecule has 0 spiro atoms. The van der Waals surface area contributed by atoms with Gasteiger partial charge >= 0.3 is 0 Å². The summed E-state index contributed by atoms with van der Waals surface area (Å²) in [7, 11) is 0. The Labute approximate surface area is 116 Å². The van der Waals surface area contributed by atoms with Crippen LogP contribution in [0.25, 0.3) is 0 Å². The molecule has 1 aromatic carbocycles. The summed E-state index contributed by atoms with van der Waals surface area (Å²) in [6.45, 7) is 2.59. The van der Waals surface area contributed by atoms with E-state index >= 15 is 0 Å². The van der Waals surface area contributed by atoms with E-state index in [2.05, 4.69) is 10.3 Å². The van der Waals surface area contributed by atoms with Crippen molar-refractivity contribution in [1.82, 2.24) is 10.3 Å². The van der Waals surface area contributed by atoms with Gasteiger partial charge in [0.15, 0.2) is 0 Å². The number of nitrogens with zero attached hydrogens (tertiary/aromatic N) is 1. The Morgan fingerprint density at radius 2 is 2.32 bits per heavy atom. The molecule has 1 aromatic heterocycles. The van der Waals surface area contributed by atoms with Gasteiger partial charge in [-0.2, -0.15) is 0 Å². The second kappa shape index (κ2) is 6.33. The first-order valence-electron chi connectivity index (χ1n) is 6.15. The van der Waals surface area contributed by atoms with Crippen molar-refractivity contribution in [2.75, 3.05) is 12.3 Å². The molecule has 0 aliphatic heterocycles. The second-order valence-corrected chi connectivity index (χ2v) is 5.44. The summed E-state index contributed by atoms with van der Waals surface area (Å²) in [4.78, 5) is 16.1. The molecule has 0 fully saturated rings. The van der Waals surface area contributed by atoms with E-state index in [0.717, 1.165) is 22.7 Å². The predicted molar refractivity (Wildman–Crippen MR) is 78.1 cm³/mol. The smallest absolute Gasteiger partial charge is 0.224 e. The van der Waals surface area contributed by atoms with Gasteiger partial charge in [-0.1, -0.05) is 12.1 Å². The molecule has 0 aliphatic rings. The molecule has 0 unspecified atom stereocenters. The highest BCUT2D eigenvalue weighted by molar-refractivity contribution is 7.09. The monoisotopic (exact) mass is 275 g/mol. The molecule has 0 radical (unpaired) electrons. The van der Waals surface area contributed by atoms with Crippen molar-refractivity contribution in [3.8, 4) is 0 Å². The maximum Gasteiger partial charge on any atom is 0.224 e. The molecule has 5 heteroatoms. The van der Waals surface area contributed by atoms with Crippen LogP contribution in [0.5, 0.6) is 0 Å². The Morgan fingerprint density at radius 1 is 1.47 bits per heavy atom. The molecule has 0 atom stereocenters. The van der Waals surface area contributed by atoms with E-state index in [4.69, 9.17) is 5.73 Å². The van der Waals surface area contributed by atoms with Gasteiger partial charge in [0, 0.05) is 24.0 Å². The maximum absolute atomic E-state index is 11.7. The number of aromatic nitrogens is 1. The molecule has 1 amide bonds. The lowest BCUT2D eigenvalue weighted by Crippen LogP contribution is -2.27. The molecule has 0 aliphatic carbocycles. The average molecular weight is 275 g/mol. The third-order valence-corrected chi connectivity index (χ3v) is 3.51. The zero-order chi connectivity index (χ0) is 13.7. The highest BCUT2D eigenvalue weighted by Crippen LogP contribution is 2.08. The first kappa shape index (κ1) is 13.5. The summed E-state index contributed by atoms with van der Waals surface area (Å²) in [6.07, 6.45) is 1.13. The van der Waals surface area contributed by atoms with Crippen molar-refractivity contribution >= 4 is 22.9 Å². The van der Waals surface area contributed by atoms with Gasteiger partial charge < -0.3 is 11.1 Å². The van der Waals surface area contributed by atoms with Gasteiger partial charge in [0.2, 0.25) is 5.91 Å². The van der Waals surface area contributed by atoms with E-state index in [0.29, 0.717) is 18.7 Å². The lowest BCUT2D eigenvalue weighted by molar-refractivity contribution is -0.120. The van der Waals surface area contributed by atoms with Gasteiger partial charge in [0.05, 0.1) is 17.1 Å². The topological polar surface area (TPSA) is 68.0 Å². The van der Waals surface area contributed by atoms with Gasteiger partial charge in [0.25, 0.3) is 0 Å². The molecule has 3 N–H and O–H groups in total. The number of carbonyl (C=O) groups is 1. The molecular formula is C14H17N3OS. The van der Waals surface area contributed by atoms with E-state index in [1.165, 1.54) is 0 Å². The number of carbonyl (C=O) groups excluding carboxylic acids is 1. The molecule has 2 rings (SSSR count). The molecule has 0 saturated heterocycles. The minimum absolute atomic E-state index is 0.0116. The summed E-state index contributed by atoms with van der Waals surface area (Å²) in [5.41, 5.74) is 8.32. The third kappa shape index (κ3) is 4.37. The number of benzene rings is 1. The number of thiazole rings is 1. The van der Waals surface area contributed by atoms with Crippen molar-refractivity contribution in [2.45, 2.75) is 19.8 Å². The number of hydrogen-bond donors (Lipinski definition) is 2. The average Bonchev–Trinajstić information content (AvgIpc) is 2.75. The van der Waals surface area contributed by atoms with Crippen LogP contribution in [0.2, 0.25) is 0 Å². The standard InChI is InChI=1S/C14H17N3OS/c1-10-17-13(9-19-10)5-6-16-14(18)8-11-3-2-4-12(15)7-11/h2-4,7,9H,5-6,8,15H2,1H3,(H,16,18). The zero-order valence-corrected chi connectivity index (χ0v) is 11.7. The van der Waals surface area contributed by atoms with Crippen LogP contribution in [0.1, 0.15) is 16.3 Å². The summed E-state index contributed by atoms with van der Waals surface area (Å²) >= 11 is 1.63. The van der Waals surface area contributed by atoms with Crippen molar-refractivity contribution in [3.63, 3.8) is 0 Å². The second-order valence-electron chi connectivity index (χ2n) is 4.38. The number of nitrogen functional groups attached to an aromatic ring is 1. The number of hydrogen-bond acceptors (Lipinski definition) is 4. The summed E-state index contributed by atoms with van der Waals surface area (Å²) < 4.78 is 0. The Balaban J connectivity index is 1.76. The summed E-state index contributed by atoms with van der Waals surface area (Å²) in [5, 5.41) is 5.98. The minimum Gasteiger partial charge on any atom is -0.399 e. The lowest BCUT2D eigenvalue weighted by atomic mass is 10.1. The van der Waals surface area contributed by atoms with Crippen molar-refractivity contribution in [1.29, 1.82) is 0 Å². The Bertz CT molecular complexity index is 565. The first-order chi connectivity index (χ1) is 9.13. The maximum atomic E-state index is 11.7. The van der Waals surface area contributed by atoms with Gasteiger partial charge in [-0.25, -0.2) is 4.98 Å². The van der Waals surface area contributed by atoms with Gasteiger partial charge in [-0.05, 0) is 24.6 Å². The third-order valence-electron chi connectivity index (χ3n) is 2.69. The molecule has 0 bridgehead atoms. The Hall–Kier alpha value is -1.88. The lowest BCUT2D eigenvalue weighted by Gasteiger charge is -2.05. The number of nitrogens with two attached hydrogens (primary N) is 1. The number of aryl methyl sites for hydroxylation is 1. The molecule has 1 heterocycles. The summed E-state index contributed by atoms with van der Waals surface area (Å²) in [6, 6.07) is 7.39. The zero-order valence-electron chi connectivity index (χ0n) is 10.8. The van der Waals surface area contributed by atoms with Crippen molar-refractivity contribution in [3.05, 3.63) is 45.9 Å². The molecular weight excluding hydrogens is 258 g/mol. The predicted octanol–water partition coefficient (Wildman–Crippen LogP) is 1.94. The fraction of sp³-hybridized carbons (Fsp3) is 0.286. The van der Waals surface area contributed by atoms with E-state index in [1.54, 1.807) is 11.3 Å². The normalized spacial score (nSPS) is 10.4. The number of rotatable bonds is 5. The molecule has 100 valence electrons. The largest absolute Gasteiger partial charge is 0.399 e. The van der Waals surface area contributed by atoms with Crippen LogP contribution in [0.4, 0.5) is 5.69 Å². The minimum atomic E-state index is 0.0116. The van der Waals surface area contributed by atoms with E-state index in [1.807, 2.05) is 36.6 Å². The van der Waals surface area contributed by atoms with Crippen molar-refractivity contribution in [2.24, 2.45) is 0 Å². The number of nitrogens with one attached hydrogen (secondary N) is 1. The SMILES string of the molecule is Cc1nc(CCNC(=O)Cc2cccc(N)c2)cs1. The highest BCUT2D eigenvalue weighted by atomic mass is 32.1. The fourth-order valence-electron chi connectivity index (χ4n) is 1.80. The molecule has 4 nitrogen and oxygen atoms in total. The fourth-order valence-corrected chi connectivity index (χ4v) is 2.45. The Kier molecular flexibility index (Phi) is 4.52. The van der Waals surface area contributed by atoms with Crippen LogP contribution >= 0.6 is 11.3 Å². The van der Waals surface area contributed by atoms with Crippen LogP contribution in [-0.4, -0.2) is 17.4 Å². The first-order valence-corrected chi connectivity index (χ1v) is 7.03. The van der Waals surface area contributed by atoms with Gasteiger partial charge in [0.1, 0.15) is 0 Å². The van der Waals surface area contributed by atoms with E-state index < -0.39 is 0 Å². The number of amides is 1. The summed E-state index contributed by atoms with van der Waals surface area (Å²) in [5.74, 6) is 0.0116. The number of anilines is 1. The van der Waals surface area contributed by atoms with E-state index in [-0.39, 0.29) is 5.91 Å². The van der Waals surface area contributed by atoms with Crippen LogP contribution in [0, 0.1) is 6.92 Å². The molecule has 2 aromatic rings. The van der Waals surface area contributed by atoms with Crippen LogP contribution < -0.4 is 11.1 Å².